The van der Waals surface area contributed by atoms with Crippen molar-refractivity contribution in [2.45, 2.75) is 25.3 Å². The van der Waals surface area contributed by atoms with E-state index in [1.165, 1.54) is 5.57 Å². The highest BCUT2D eigenvalue weighted by Gasteiger charge is 2.15. The number of nitrogens with two attached hydrogens (primary N) is 1. The van der Waals surface area contributed by atoms with Gasteiger partial charge in [-0.25, -0.2) is 0 Å². The van der Waals surface area contributed by atoms with E-state index in [4.69, 9.17) is 15.2 Å². The molecule has 17 heavy (non-hydrogen) atoms. The Bertz CT molecular complexity index is 426. The number of ether oxygens (including phenoxy) is 2. The van der Waals surface area contributed by atoms with E-state index in [-0.39, 0.29) is 6.04 Å². The first kappa shape index (κ1) is 12.0. The summed E-state index contributed by atoms with van der Waals surface area (Å²) in [6.45, 7) is 0. The molecular formula is C14H19NO2. The van der Waals surface area contributed by atoms with Gasteiger partial charge >= 0.3 is 0 Å². The van der Waals surface area contributed by atoms with E-state index in [2.05, 4.69) is 6.08 Å². The van der Waals surface area contributed by atoms with Gasteiger partial charge in [-0.2, -0.15) is 0 Å². The lowest BCUT2D eigenvalue weighted by atomic mass is 9.91. The fraction of sp³-hybridized carbons (Fsp3) is 0.429. The molecule has 1 aliphatic carbocycles. The topological polar surface area (TPSA) is 44.5 Å². The second-order valence-electron chi connectivity index (χ2n) is 4.31. The Morgan fingerprint density at radius 1 is 1.24 bits per heavy atom. The van der Waals surface area contributed by atoms with Crippen LogP contribution in [0.2, 0.25) is 0 Å². The quantitative estimate of drug-likeness (QED) is 0.872. The summed E-state index contributed by atoms with van der Waals surface area (Å²) in [6.07, 6.45) is 5.42. The van der Waals surface area contributed by atoms with E-state index < -0.39 is 0 Å². The molecule has 0 saturated heterocycles. The summed E-state index contributed by atoms with van der Waals surface area (Å²) in [6, 6.07) is 6.09. The van der Waals surface area contributed by atoms with E-state index in [1.807, 2.05) is 18.2 Å². The van der Waals surface area contributed by atoms with Gasteiger partial charge in [0.1, 0.15) is 11.5 Å². The molecule has 0 radical (unpaired) electrons. The third kappa shape index (κ3) is 2.61. The molecule has 0 aliphatic heterocycles. The second kappa shape index (κ2) is 5.23. The summed E-state index contributed by atoms with van der Waals surface area (Å²) in [5.74, 6) is 1.66. The van der Waals surface area contributed by atoms with E-state index in [0.717, 1.165) is 36.3 Å². The van der Waals surface area contributed by atoms with Gasteiger partial charge in [0.25, 0.3) is 0 Å². The van der Waals surface area contributed by atoms with Crippen LogP contribution in [-0.2, 0) is 0 Å². The molecule has 0 amide bonds. The van der Waals surface area contributed by atoms with Crippen LogP contribution >= 0.6 is 0 Å². The summed E-state index contributed by atoms with van der Waals surface area (Å²) >= 11 is 0. The molecular weight excluding hydrogens is 214 g/mol. The van der Waals surface area contributed by atoms with Gasteiger partial charge in [0, 0.05) is 17.7 Å². The number of hydrogen-bond acceptors (Lipinski definition) is 3. The molecule has 1 aromatic rings. The smallest absolute Gasteiger partial charge is 0.130 e. The van der Waals surface area contributed by atoms with Crippen molar-refractivity contribution in [3.05, 3.63) is 29.8 Å². The molecule has 2 rings (SSSR count). The number of rotatable bonds is 3. The maximum absolute atomic E-state index is 5.97. The molecule has 0 saturated carbocycles. The van der Waals surface area contributed by atoms with Gasteiger partial charge in [0.05, 0.1) is 14.2 Å². The Labute approximate surface area is 102 Å². The molecule has 0 aromatic heterocycles. The van der Waals surface area contributed by atoms with Crippen molar-refractivity contribution in [3.8, 4) is 11.5 Å². The highest BCUT2D eigenvalue weighted by atomic mass is 16.5. The van der Waals surface area contributed by atoms with Gasteiger partial charge in [-0.3, -0.25) is 0 Å². The van der Waals surface area contributed by atoms with Gasteiger partial charge in [-0.05, 0) is 37.0 Å². The highest BCUT2D eigenvalue weighted by molar-refractivity contribution is 5.72. The molecule has 0 fully saturated rings. The van der Waals surface area contributed by atoms with E-state index in [0.29, 0.717) is 0 Å². The van der Waals surface area contributed by atoms with Gasteiger partial charge in [0.2, 0.25) is 0 Å². The third-order valence-electron chi connectivity index (χ3n) is 3.15. The van der Waals surface area contributed by atoms with Crippen LogP contribution in [0, 0.1) is 0 Å². The zero-order valence-electron chi connectivity index (χ0n) is 10.4. The van der Waals surface area contributed by atoms with E-state index in [1.54, 1.807) is 14.2 Å². The first-order valence-electron chi connectivity index (χ1n) is 5.93. The SMILES string of the molecule is COc1ccc(C2=CC(N)CCC2)c(OC)c1. The average molecular weight is 233 g/mol. The summed E-state index contributed by atoms with van der Waals surface area (Å²) in [4.78, 5) is 0. The lowest BCUT2D eigenvalue weighted by molar-refractivity contribution is 0.393. The van der Waals surface area contributed by atoms with Gasteiger partial charge in [0.15, 0.2) is 0 Å². The molecule has 3 heteroatoms. The largest absolute Gasteiger partial charge is 0.497 e. The van der Waals surface area contributed by atoms with Crippen LogP contribution < -0.4 is 15.2 Å². The number of allylic oxidation sites excluding steroid dienone is 1. The lowest BCUT2D eigenvalue weighted by Crippen LogP contribution is -2.20. The predicted molar refractivity (Wildman–Crippen MR) is 69.3 cm³/mol. The molecule has 92 valence electrons. The summed E-state index contributed by atoms with van der Waals surface area (Å²) in [5.41, 5.74) is 8.38. The van der Waals surface area contributed by atoms with Crippen LogP contribution in [0.15, 0.2) is 24.3 Å². The van der Waals surface area contributed by atoms with Crippen molar-refractivity contribution in [1.82, 2.24) is 0 Å². The summed E-state index contributed by atoms with van der Waals surface area (Å²) in [7, 11) is 3.34. The monoisotopic (exact) mass is 233 g/mol. The third-order valence-corrected chi connectivity index (χ3v) is 3.15. The number of methoxy groups -OCH3 is 2. The van der Waals surface area contributed by atoms with Crippen molar-refractivity contribution < 1.29 is 9.47 Å². The minimum absolute atomic E-state index is 0.172. The zero-order valence-corrected chi connectivity index (χ0v) is 10.4. The molecule has 1 aromatic carbocycles. The summed E-state index contributed by atoms with van der Waals surface area (Å²) in [5, 5.41) is 0. The molecule has 3 nitrogen and oxygen atoms in total. The van der Waals surface area contributed by atoms with Gasteiger partial charge < -0.3 is 15.2 Å². The Morgan fingerprint density at radius 2 is 2.06 bits per heavy atom. The van der Waals surface area contributed by atoms with Crippen molar-refractivity contribution >= 4 is 5.57 Å². The van der Waals surface area contributed by atoms with Gasteiger partial charge in [-0.1, -0.05) is 6.08 Å². The Kier molecular flexibility index (Phi) is 3.69. The molecule has 1 unspecified atom stereocenters. The van der Waals surface area contributed by atoms with Crippen LogP contribution in [0.25, 0.3) is 5.57 Å². The summed E-state index contributed by atoms with van der Waals surface area (Å²) < 4.78 is 10.6. The predicted octanol–water partition coefficient (Wildman–Crippen LogP) is 2.60. The average Bonchev–Trinajstić information content (AvgIpc) is 2.38. The van der Waals surface area contributed by atoms with Crippen LogP contribution in [-0.4, -0.2) is 20.3 Å². The number of hydrogen-bond donors (Lipinski definition) is 1. The maximum atomic E-state index is 5.97. The molecule has 2 N–H and O–H groups in total. The Hall–Kier alpha value is -1.48. The van der Waals surface area contributed by atoms with Crippen LogP contribution in [0.1, 0.15) is 24.8 Å². The molecule has 0 spiro atoms. The minimum atomic E-state index is 0.172. The van der Waals surface area contributed by atoms with E-state index in [9.17, 15) is 0 Å². The zero-order chi connectivity index (χ0) is 12.3. The van der Waals surface area contributed by atoms with Crippen molar-refractivity contribution in [2.24, 2.45) is 5.73 Å². The highest BCUT2D eigenvalue weighted by Crippen LogP contribution is 2.34. The molecule has 0 heterocycles. The molecule has 1 atom stereocenters. The van der Waals surface area contributed by atoms with E-state index >= 15 is 0 Å². The first-order chi connectivity index (χ1) is 8.24. The van der Waals surface area contributed by atoms with Crippen LogP contribution in [0.5, 0.6) is 11.5 Å². The fourth-order valence-electron chi connectivity index (χ4n) is 2.24. The second-order valence-corrected chi connectivity index (χ2v) is 4.31. The normalized spacial score (nSPS) is 19.7. The Balaban J connectivity index is 2.37. The van der Waals surface area contributed by atoms with Crippen LogP contribution in [0.3, 0.4) is 0 Å². The van der Waals surface area contributed by atoms with Crippen molar-refractivity contribution in [3.63, 3.8) is 0 Å². The van der Waals surface area contributed by atoms with Crippen molar-refractivity contribution in [1.29, 1.82) is 0 Å². The molecule has 1 aliphatic rings. The maximum Gasteiger partial charge on any atom is 0.130 e. The Morgan fingerprint density at radius 3 is 2.71 bits per heavy atom. The lowest BCUT2D eigenvalue weighted by Gasteiger charge is -2.20. The minimum Gasteiger partial charge on any atom is -0.497 e. The van der Waals surface area contributed by atoms with Crippen LogP contribution in [0.4, 0.5) is 0 Å². The molecule has 0 bridgehead atoms. The standard InChI is InChI=1S/C14H19NO2/c1-16-12-6-7-13(14(9-12)17-2)10-4-3-5-11(15)8-10/h6-9,11H,3-5,15H2,1-2H3. The van der Waals surface area contributed by atoms with Gasteiger partial charge in [-0.15, -0.1) is 0 Å². The fourth-order valence-corrected chi connectivity index (χ4v) is 2.24. The first-order valence-corrected chi connectivity index (χ1v) is 5.93. The van der Waals surface area contributed by atoms with Crippen molar-refractivity contribution in [2.75, 3.05) is 14.2 Å². The number of benzene rings is 1.